The van der Waals surface area contributed by atoms with Crippen molar-refractivity contribution in [1.29, 1.82) is 10.5 Å². The Balaban J connectivity index is 1.35. The van der Waals surface area contributed by atoms with Crippen molar-refractivity contribution in [1.82, 2.24) is 9.13 Å². The molecule has 0 fully saturated rings. The molecule has 4 nitrogen and oxygen atoms in total. The second-order valence-corrected chi connectivity index (χ2v) is 11.9. The Morgan fingerprint density at radius 2 is 1.00 bits per heavy atom. The van der Waals surface area contributed by atoms with Gasteiger partial charge in [0.05, 0.1) is 45.3 Å². The van der Waals surface area contributed by atoms with Gasteiger partial charge in [-0.15, -0.1) is 11.3 Å². The monoisotopic (exact) mass is 564 g/mol. The third kappa shape index (κ3) is 3.35. The van der Waals surface area contributed by atoms with E-state index in [1.54, 1.807) is 0 Å². The van der Waals surface area contributed by atoms with Gasteiger partial charge in [-0.3, -0.25) is 0 Å². The van der Waals surface area contributed by atoms with Crippen LogP contribution in [0.1, 0.15) is 11.1 Å². The fraction of sp³-hybridized carbons (Fsp3) is 0. The van der Waals surface area contributed by atoms with Crippen molar-refractivity contribution < 1.29 is 0 Å². The van der Waals surface area contributed by atoms with Gasteiger partial charge in [0.25, 0.3) is 0 Å². The van der Waals surface area contributed by atoms with Gasteiger partial charge in [0.15, 0.2) is 0 Å². The molecule has 9 aromatic rings. The summed E-state index contributed by atoms with van der Waals surface area (Å²) in [6.45, 7) is 0. The Bertz CT molecular complexity index is 2630. The molecular weight excluding hydrogens is 545 g/mol. The van der Waals surface area contributed by atoms with Crippen LogP contribution in [-0.2, 0) is 0 Å². The summed E-state index contributed by atoms with van der Waals surface area (Å²) < 4.78 is 7.20. The van der Waals surface area contributed by atoms with Crippen LogP contribution in [0.3, 0.4) is 0 Å². The van der Waals surface area contributed by atoms with Gasteiger partial charge in [0.2, 0.25) is 0 Å². The van der Waals surface area contributed by atoms with Crippen LogP contribution in [0, 0.1) is 22.7 Å². The van der Waals surface area contributed by atoms with Crippen molar-refractivity contribution in [3.05, 3.63) is 132 Å². The van der Waals surface area contributed by atoms with Crippen molar-refractivity contribution >= 4 is 75.1 Å². The van der Waals surface area contributed by atoms with Crippen LogP contribution in [0.5, 0.6) is 0 Å². The summed E-state index contributed by atoms with van der Waals surface area (Å²) in [6.07, 6.45) is 0. The van der Waals surface area contributed by atoms with Crippen LogP contribution in [0.25, 0.3) is 75.2 Å². The number of nitrogens with zero attached hydrogens (tertiary/aromatic N) is 4. The van der Waals surface area contributed by atoms with Crippen LogP contribution in [0.15, 0.2) is 121 Å². The normalized spacial score (nSPS) is 11.7. The maximum Gasteiger partial charge on any atom is 0.0991 e. The first-order valence-corrected chi connectivity index (χ1v) is 14.9. The number of thiophene rings is 1. The molecule has 0 saturated carbocycles. The lowest BCUT2D eigenvalue weighted by Gasteiger charge is -2.13. The molecule has 0 aliphatic heterocycles. The topological polar surface area (TPSA) is 57.4 Å². The number of para-hydroxylation sites is 1. The van der Waals surface area contributed by atoms with Gasteiger partial charge in [-0.05, 0) is 78.9 Å². The van der Waals surface area contributed by atoms with Gasteiger partial charge in [0.1, 0.15) is 0 Å². The highest BCUT2D eigenvalue weighted by Gasteiger charge is 2.18. The quantitative estimate of drug-likeness (QED) is 0.210. The van der Waals surface area contributed by atoms with E-state index in [0.29, 0.717) is 11.1 Å². The lowest BCUT2D eigenvalue weighted by molar-refractivity contribution is 1.13. The van der Waals surface area contributed by atoms with E-state index in [9.17, 15) is 10.5 Å². The van der Waals surface area contributed by atoms with Crippen LogP contribution in [0.2, 0.25) is 0 Å². The van der Waals surface area contributed by atoms with E-state index in [-0.39, 0.29) is 0 Å². The number of fused-ring (bicyclic) bond motifs is 9. The maximum atomic E-state index is 9.61. The summed E-state index contributed by atoms with van der Waals surface area (Å²) in [7, 11) is 0. The molecule has 0 radical (unpaired) electrons. The molecule has 5 heteroatoms. The standard InChI is InChI=1S/C38H20N4S/c39-21-23-12-14-34-29(16-23)30-17-24(22-40)13-15-35(30)41(34)25-6-5-7-26(18-25)42-33-10-3-1-8-27(33)31-20-38-32(19-36(31)42)28-9-2-4-11-37(28)43-38/h1-20H. The second kappa shape index (κ2) is 8.81. The summed E-state index contributed by atoms with van der Waals surface area (Å²) >= 11 is 1.85. The molecule has 0 spiro atoms. The zero-order valence-corrected chi connectivity index (χ0v) is 23.6. The molecule has 198 valence electrons. The van der Waals surface area contributed by atoms with Crippen molar-refractivity contribution in [2.24, 2.45) is 0 Å². The van der Waals surface area contributed by atoms with Gasteiger partial charge in [0, 0.05) is 53.1 Å². The molecule has 0 atom stereocenters. The molecule has 43 heavy (non-hydrogen) atoms. The summed E-state index contributed by atoms with van der Waals surface area (Å²) in [6, 6.07) is 46.7. The van der Waals surface area contributed by atoms with Gasteiger partial charge < -0.3 is 9.13 Å². The van der Waals surface area contributed by atoms with E-state index < -0.39 is 0 Å². The predicted octanol–water partition coefficient (Wildman–Crippen LogP) is 9.99. The largest absolute Gasteiger partial charge is 0.309 e. The number of nitriles is 2. The number of hydrogen-bond acceptors (Lipinski definition) is 3. The maximum absolute atomic E-state index is 9.61. The molecule has 0 saturated heterocycles. The SMILES string of the molecule is N#Cc1ccc2c(c1)c1cc(C#N)ccc1n2-c1cccc(-n2c3ccccc3c3cc4sc5ccccc5c4cc32)c1. The van der Waals surface area contributed by atoms with E-state index in [0.717, 1.165) is 38.7 Å². The van der Waals surface area contributed by atoms with E-state index >= 15 is 0 Å². The number of aromatic nitrogens is 2. The summed E-state index contributed by atoms with van der Waals surface area (Å²) in [5.74, 6) is 0. The third-order valence-electron chi connectivity index (χ3n) is 8.54. The first kappa shape index (κ1) is 23.8. The third-order valence-corrected chi connectivity index (χ3v) is 9.67. The molecular formula is C38H20N4S. The Kier molecular flexibility index (Phi) is 4.87. The summed E-state index contributed by atoms with van der Waals surface area (Å²) in [5, 5.41) is 26.2. The number of benzene rings is 6. The highest BCUT2D eigenvalue weighted by molar-refractivity contribution is 7.25. The van der Waals surface area contributed by atoms with Crippen molar-refractivity contribution in [3.63, 3.8) is 0 Å². The Morgan fingerprint density at radius 1 is 0.419 bits per heavy atom. The summed E-state index contributed by atoms with van der Waals surface area (Å²) in [5.41, 5.74) is 7.61. The van der Waals surface area contributed by atoms with Crippen LogP contribution in [-0.4, -0.2) is 9.13 Å². The van der Waals surface area contributed by atoms with Crippen LogP contribution >= 0.6 is 11.3 Å². The first-order chi connectivity index (χ1) is 21.2. The lowest BCUT2D eigenvalue weighted by Crippen LogP contribution is -1.98. The predicted molar refractivity (Wildman–Crippen MR) is 177 cm³/mol. The Labute approximate surface area is 250 Å². The summed E-state index contributed by atoms with van der Waals surface area (Å²) in [4.78, 5) is 0. The van der Waals surface area contributed by atoms with Gasteiger partial charge >= 0.3 is 0 Å². The van der Waals surface area contributed by atoms with Crippen LogP contribution < -0.4 is 0 Å². The molecule has 0 N–H and O–H groups in total. The highest BCUT2D eigenvalue weighted by Crippen LogP contribution is 2.41. The minimum absolute atomic E-state index is 0.597. The van der Waals surface area contributed by atoms with Crippen molar-refractivity contribution in [2.45, 2.75) is 0 Å². The van der Waals surface area contributed by atoms with E-state index in [1.165, 1.54) is 36.5 Å². The molecule has 0 aliphatic carbocycles. The lowest BCUT2D eigenvalue weighted by atomic mass is 10.1. The van der Waals surface area contributed by atoms with Crippen molar-refractivity contribution in [2.75, 3.05) is 0 Å². The molecule has 6 aromatic carbocycles. The number of hydrogen-bond donors (Lipinski definition) is 0. The fourth-order valence-corrected chi connectivity index (χ4v) is 7.80. The molecule has 3 heterocycles. The van der Waals surface area contributed by atoms with Crippen molar-refractivity contribution in [3.8, 4) is 23.5 Å². The average molecular weight is 565 g/mol. The van der Waals surface area contributed by atoms with E-state index in [4.69, 9.17) is 0 Å². The average Bonchev–Trinajstić information content (AvgIpc) is 3.70. The van der Waals surface area contributed by atoms with Gasteiger partial charge in [-0.2, -0.15) is 10.5 Å². The second-order valence-electron chi connectivity index (χ2n) is 10.9. The minimum atomic E-state index is 0.597. The Morgan fingerprint density at radius 3 is 1.70 bits per heavy atom. The molecule has 3 aromatic heterocycles. The smallest absolute Gasteiger partial charge is 0.0991 e. The van der Waals surface area contributed by atoms with Gasteiger partial charge in [-0.25, -0.2) is 0 Å². The van der Waals surface area contributed by atoms with E-state index in [2.05, 4.69) is 106 Å². The molecule has 0 amide bonds. The van der Waals surface area contributed by atoms with E-state index in [1.807, 2.05) is 47.7 Å². The molecule has 9 rings (SSSR count). The fourth-order valence-electron chi connectivity index (χ4n) is 6.68. The number of rotatable bonds is 2. The zero-order valence-electron chi connectivity index (χ0n) is 22.7. The minimum Gasteiger partial charge on any atom is -0.309 e. The molecule has 0 bridgehead atoms. The first-order valence-electron chi connectivity index (χ1n) is 14.1. The Hall–Kier alpha value is -5.88. The zero-order chi connectivity index (χ0) is 28.7. The van der Waals surface area contributed by atoms with Crippen LogP contribution in [0.4, 0.5) is 0 Å². The van der Waals surface area contributed by atoms with Gasteiger partial charge in [-0.1, -0.05) is 42.5 Å². The highest BCUT2D eigenvalue weighted by atomic mass is 32.1. The molecule has 0 unspecified atom stereocenters. The molecule has 0 aliphatic rings.